The summed E-state index contributed by atoms with van der Waals surface area (Å²) in [6.07, 6.45) is 1.64. The molecule has 1 atom stereocenters. The number of likely N-dealkylation sites (tertiary alicyclic amines) is 1. The molecule has 1 saturated heterocycles. The van der Waals surface area contributed by atoms with Crippen molar-refractivity contribution in [3.05, 3.63) is 35.4 Å². The van der Waals surface area contributed by atoms with Gasteiger partial charge in [0, 0.05) is 18.7 Å². The van der Waals surface area contributed by atoms with E-state index in [4.69, 9.17) is 0 Å². The van der Waals surface area contributed by atoms with Gasteiger partial charge in [-0.3, -0.25) is 4.90 Å². The van der Waals surface area contributed by atoms with Gasteiger partial charge in [-0.1, -0.05) is 0 Å². The van der Waals surface area contributed by atoms with Crippen molar-refractivity contribution in [3.63, 3.8) is 0 Å². The molecular formula is C13H17F2NO. The van der Waals surface area contributed by atoms with Crippen LogP contribution in [0.2, 0.25) is 0 Å². The van der Waals surface area contributed by atoms with Crippen LogP contribution in [0.4, 0.5) is 8.78 Å². The molecule has 17 heavy (non-hydrogen) atoms. The van der Waals surface area contributed by atoms with Crippen LogP contribution in [0, 0.1) is 11.6 Å². The maximum atomic E-state index is 13.5. The molecule has 0 saturated carbocycles. The summed E-state index contributed by atoms with van der Waals surface area (Å²) in [7, 11) is 0. The second-order valence-electron chi connectivity index (χ2n) is 5.05. The van der Waals surface area contributed by atoms with Crippen molar-refractivity contribution in [2.24, 2.45) is 0 Å². The van der Waals surface area contributed by atoms with Crippen molar-refractivity contribution in [3.8, 4) is 0 Å². The molecule has 1 fully saturated rings. The topological polar surface area (TPSA) is 23.5 Å². The Bertz CT molecular complexity index is 406. The highest BCUT2D eigenvalue weighted by molar-refractivity contribution is 5.18. The summed E-state index contributed by atoms with van der Waals surface area (Å²) >= 11 is 0. The van der Waals surface area contributed by atoms with Crippen LogP contribution in [0.3, 0.4) is 0 Å². The van der Waals surface area contributed by atoms with Crippen LogP contribution >= 0.6 is 0 Å². The standard InChI is InChI=1S/C13H17F2NO/c1-13(17)5-2-6-16(9-13)8-10-7-11(14)3-4-12(10)15/h3-4,7,17H,2,5-6,8-9H2,1H3. The van der Waals surface area contributed by atoms with Crippen molar-refractivity contribution in [2.75, 3.05) is 13.1 Å². The largest absolute Gasteiger partial charge is 0.389 e. The molecule has 94 valence electrons. The molecule has 1 aromatic carbocycles. The lowest BCUT2D eigenvalue weighted by Gasteiger charge is -2.36. The Labute approximate surface area is 99.9 Å². The fourth-order valence-corrected chi connectivity index (χ4v) is 2.36. The highest BCUT2D eigenvalue weighted by Gasteiger charge is 2.28. The normalized spacial score (nSPS) is 26.1. The Kier molecular flexibility index (Phi) is 3.45. The molecule has 1 aromatic rings. The summed E-state index contributed by atoms with van der Waals surface area (Å²) in [6.45, 7) is 3.44. The minimum Gasteiger partial charge on any atom is -0.389 e. The summed E-state index contributed by atoms with van der Waals surface area (Å²) in [5.74, 6) is -0.818. The van der Waals surface area contributed by atoms with E-state index in [-0.39, 0.29) is 0 Å². The lowest BCUT2D eigenvalue weighted by Crippen LogP contribution is -2.45. The minimum absolute atomic E-state index is 0.347. The number of benzene rings is 1. The zero-order chi connectivity index (χ0) is 12.5. The Morgan fingerprint density at radius 1 is 1.41 bits per heavy atom. The monoisotopic (exact) mass is 241 g/mol. The van der Waals surface area contributed by atoms with E-state index in [0.29, 0.717) is 18.7 Å². The van der Waals surface area contributed by atoms with E-state index in [9.17, 15) is 13.9 Å². The predicted molar refractivity (Wildman–Crippen MR) is 61.5 cm³/mol. The molecule has 1 aliphatic heterocycles. The molecule has 0 radical (unpaired) electrons. The van der Waals surface area contributed by atoms with E-state index >= 15 is 0 Å². The highest BCUT2D eigenvalue weighted by Crippen LogP contribution is 2.22. The van der Waals surface area contributed by atoms with Gasteiger partial charge in [-0.05, 0) is 44.5 Å². The van der Waals surface area contributed by atoms with Gasteiger partial charge in [0.05, 0.1) is 5.60 Å². The van der Waals surface area contributed by atoms with Gasteiger partial charge >= 0.3 is 0 Å². The van der Waals surface area contributed by atoms with E-state index in [1.54, 1.807) is 6.92 Å². The number of nitrogens with zero attached hydrogens (tertiary/aromatic N) is 1. The number of hydrogen-bond donors (Lipinski definition) is 1. The SMILES string of the molecule is CC1(O)CCCN(Cc2cc(F)ccc2F)C1. The lowest BCUT2D eigenvalue weighted by molar-refractivity contribution is -0.0184. The van der Waals surface area contributed by atoms with Crippen molar-refractivity contribution >= 4 is 0 Å². The van der Waals surface area contributed by atoms with Crippen LogP contribution in [-0.2, 0) is 6.54 Å². The van der Waals surface area contributed by atoms with E-state index < -0.39 is 17.2 Å². The highest BCUT2D eigenvalue weighted by atomic mass is 19.1. The molecule has 1 N–H and O–H groups in total. The molecule has 2 rings (SSSR count). The maximum absolute atomic E-state index is 13.5. The van der Waals surface area contributed by atoms with E-state index in [2.05, 4.69) is 0 Å². The molecule has 2 nitrogen and oxygen atoms in total. The average molecular weight is 241 g/mol. The number of piperidine rings is 1. The van der Waals surface area contributed by atoms with Crippen molar-refractivity contribution < 1.29 is 13.9 Å². The number of rotatable bonds is 2. The fraction of sp³-hybridized carbons (Fsp3) is 0.538. The minimum atomic E-state index is -0.720. The lowest BCUT2D eigenvalue weighted by atomic mass is 9.95. The Morgan fingerprint density at radius 2 is 2.18 bits per heavy atom. The third kappa shape index (κ3) is 3.23. The zero-order valence-electron chi connectivity index (χ0n) is 9.92. The summed E-state index contributed by atoms with van der Waals surface area (Å²) in [5.41, 5.74) is -0.370. The quantitative estimate of drug-likeness (QED) is 0.859. The van der Waals surface area contributed by atoms with Crippen molar-refractivity contribution in [2.45, 2.75) is 31.9 Å². The number of aliphatic hydroxyl groups is 1. The number of hydrogen-bond acceptors (Lipinski definition) is 2. The maximum Gasteiger partial charge on any atom is 0.127 e. The van der Waals surface area contributed by atoms with E-state index in [0.717, 1.165) is 31.5 Å². The van der Waals surface area contributed by atoms with E-state index in [1.807, 2.05) is 4.90 Å². The number of β-amino-alcohol motifs (C(OH)–C–C–N with tert-alkyl or cyclic N) is 1. The van der Waals surface area contributed by atoms with Gasteiger partial charge in [0.15, 0.2) is 0 Å². The van der Waals surface area contributed by atoms with Crippen LogP contribution in [0.15, 0.2) is 18.2 Å². The molecule has 1 aliphatic rings. The third-order valence-corrected chi connectivity index (χ3v) is 3.16. The first-order valence-electron chi connectivity index (χ1n) is 5.85. The van der Waals surface area contributed by atoms with Crippen LogP contribution in [-0.4, -0.2) is 28.7 Å². The third-order valence-electron chi connectivity index (χ3n) is 3.16. The Hall–Kier alpha value is -1.00. The Balaban J connectivity index is 2.07. The van der Waals surface area contributed by atoms with E-state index in [1.165, 1.54) is 6.07 Å². The predicted octanol–water partition coefficient (Wildman–Crippen LogP) is 2.31. The summed E-state index contributed by atoms with van der Waals surface area (Å²) in [5, 5.41) is 9.94. The van der Waals surface area contributed by atoms with Gasteiger partial charge in [-0.25, -0.2) is 8.78 Å². The molecule has 0 bridgehead atoms. The number of halogens is 2. The summed E-state index contributed by atoms with van der Waals surface area (Å²) in [4.78, 5) is 1.96. The van der Waals surface area contributed by atoms with Gasteiger partial charge in [0.25, 0.3) is 0 Å². The Morgan fingerprint density at radius 3 is 2.88 bits per heavy atom. The fourth-order valence-electron chi connectivity index (χ4n) is 2.36. The zero-order valence-corrected chi connectivity index (χ0v) is 9.92. The average Bonchev–Trinajstić information content (AvgIpc) is 2.22. The van der Waals surface area contributed by atoms with Gasteiger partial charge in [-0.15, -0.1) is 0 Å². The second-order valence-corrected chi connectivity index (χ2v) is 5.05. The van der Waals surface area contributed by atoms with Gasteiger partial charge in [0.1, 0.15) is 11.6 Å². The molecule has 4 heteroatoms. The molecule has 1 heterocycles. The smallest absolute Gasteiger partial charge is 0.127 e. The van der Waals surface area contributed by atoms with Crippen molar-refractivity contribution in [1.82, 2.24) is 4.90 Å². The molecule has 1 unspecified atom stereocenters. The summed E-state index contributed by atoms with van der Waals surface area (Å²) < 4.78 is 26.5. The van der Waals surface area contributed by atoms with Crippen LogP contribution in [0.25, 0.3) is 0 Å². The van der Waals surface area contributed by atoms with Gasteiger partial charge in [-0.2, -0.15) is 0 Å². The molecule has 0 spiro atoms. The second kappa shape index (κ2) is 4.70. The molecular weight excluding hydrogens is 224 g/mol. The van der Waals surface area contributed by atoms with Crippen LogP contribution in [0.5, 0.6) is 0 Å². The van der Waals surface area contributed by atoms with Gasteiger partial charge < -0.3 is 5.11 Å². The molecule has 0 aromatic heterocycles. The summed E-state index contributed by atoms with van der Waals surface area (Å²) in [6, 6.07) is 3.48. The van der Waals surface area contributed by atoms with Crippen molar-refractivity contribution in [1.29, 1.82) is 0 Å². The van der Waals surface area contributed by atoms with Crippen LogP contribution < -0.4 is 0 Å². The van der Waals surface area contributed by atoms with Crippen LogP contribution in [0.1, 0.15) is 25.3 Å². The first kappa shape index (κ1) is 12.5. The first-order valence-corrected chi connectivity index (χ1v) is 5.85. The van der Waals surface area contributed by atoms with Gasteiger partial charge in [0.2, 0.25) is 0 Å². The first-order chi connectivity index (χ1) is 7.96. The molecule has 0 amide bonds. The molecule has 0 aliphatic carbocycles.